The molecule has 3 heterocycles. The van der Waals surface area contributed by atoms with Crippen LogP contribution in [0.3, 0.4) is 0 Å². The van der Waals surface area contributed by atoms with Crippen molar-refractivity contribution in [1.82, 2.24) is 24.1 Å². The van der Waals surface area contributed by atoms with Crippen molar-refractivity contribution < 1.29 is 0 Å². The molecule has 0 amide bonds. The van der Waals surface area contributed by atoms with Crippen molar-refractivity contribution >= 4 is 29.0 Å². The van der Waals surface area contributed by atoms with E-state index in [2.05, 4.69) is 47.2 Å². The summed E-state index contributed by atoms with van der Waals surface area (Å²) in [5.41, 5.74) is 4.49. The molecule has 27 heavy (non-hydrogen) atoms. The topological polar surface area (TPSA) is 65.1 Å². The van der Waals surface area contributed by atoms with E-state index in [9.17, 15) is 4.79 Å². The number of hydrogen-bond donors (Lipinski definition) is 0. The van der Waals surface area contributed by atoms with Gasteiger partial charge < -0.3 is 0 Å². The molecule has 8 heteroatoms. The van der Waals surface area contributed by atoms with E-state index in [-0.39, 0.29) is 5.56 Å². The normalized spacial score (nSPS) is 11.2. The summed E-state index contributed by atoms with van der Waals surface area (Å²) in [6.45, 7) is 4.13. The molecule has 0 saturated heterocycles. The smallest absolute Gasteiger partial charge is 0.258 e. The molecule has 6 nitrogen and oxygen atoms in total. The van der Waals surface area contributed by atoms with E-state index >= 15 is 0 Å². The molecule has 3 aromatic heterocycles. The van der Waals surface area contributed by atoms with Gasteiger partial charge in [-0.05, 0) is 37.6 Å². The summed E-state index contributed by atoms with van der Waals surface area (Å²) >= 11 is 7.44. The van der Waals surface area contributed by atoms with E-state index in [1.807, 2.05) is 4.57 Å². The van der Waals surface area contributed by atoms with Crippen molar-refractivity contribution in [2.45, 2.75) is 24.8 Å². The van der Waals surface area contributed by atoms with Crippen molar-refractivity contribution in [3.63, 3.8) is 0 Å². The first-order valence-corrected chi connectivity index (χ1v) is 9.66. The fourth-order valence-electron chi connectivity index (χ4n) is 2.90. The highest BCUT2D eigenvalue weighted by molar-refractivity contribution is 7.98. The second-order valence-corrected chi connectivity index (χ2v) is 7.60. The van der Waals surface area contributed by atoms with Crippen molar-refractivity contribution in [3.05, 3.63) is 81.1 Å². The Hall–Kier alpha value is -2.64. The minimum absolute atomic E-state index is 0.158. The zero-order valence-corrected chi connectivity index (χ0v) is 16.3. The maximum atomic E-state index is 12.3. The van der Waals surface area contributed by atoms with Gasteiger partial charge in [0, 0.05) is 18.0 Å². The van der Waals surface area contributed by atoms with Crippen molar-refractivity contribution in [2.75, 3.05) is 0 Å². The minimum atomic E-state index is -0.158. The van der Waals surface area contributed by atoms with Crippen LogP contribution < -0.4 is 5.56 Å². The maximum Gasteiger partial charge on any atom is 0.258 e. The molecular formula is C19H16ClN5OS. The van der Waals surface area contributed by atoms with Gasteiger partial charge >= 0.3 is 0 Å². The largest absolute Gasteiger partial charge is 0.276 e. The number of benzene rings is 1. The molecule has 0 saturated carbocycles. The summed E-state index contributed by atoms with van der Waals surface area (Å²) in [5.74, 6) is 0.512. The lowest BCUT2D eigenvalue weighted by atomic mass is 10.1. The van der Waals surface area contributed by atoms with Crippen LogP contribution in [-0.4, -0.2) is 24.1 Å². The molecule has 0 aliphatic carbocycles. The van der Waals surface area contributed by atoms with Gasteiger partial charge in [-0.3, -0.25) is 13.8 Å². The highest BCUT2D eigenvalue weighted by Crippen LogP contribution is 2.24. The van der Waals surface area contributed by atoms with Crippen molar-refractivity contribution in [1.29, 1.82) is 0 Å². The van der Waals surface area contributed by atoms with E-state index in [4.69, 9.17) is 11.6 Å². The average Bonchev–Trinajstić information content (AvgIpc) is 3.09. The molecule has 0 unspecified atom stereocenters. The third kappa shape index (κ3) is 3.61. The number of pyridine rings is 1. The first kappa shape index (κ1) is 17.8. The van der Waals surface area contributed by atoms with Crippen LogP contribution in [0, 0.1) is 13.8 Å². The van der Waals surface area contributed by atoms with Gasteiger partial charge in [0.05, 0.1) is 16.4 Å². The molecule has 0 spiro atoms. The van der Waals surface area contributed by atoms with Crippen LogP contribution >= 0.6 is 23.4 Å². The quantitative estimate of drug-likeness (QED) is 0.489. The van der Waals surface area contributed by atoms with Gasteiger partial charge in [-0.15, -0.1) is 10.2 Å². The van der Waals surface area contributed by atoms with Crippen LogP contribution in [0.25, 0.3) is 11.3 Å². The van der Waals surface area contributed by atoms with E-state index in [0.29, 0.717) is 22.1 Å². The molecule has 0 aliphatic rings. The Labute approximate surface area is 164 Å². The van der Waals surface area contributed by atoms with Gasteiger partial charge in [-0.2, -0.15) is 0 Å². The minimum Gasteiger partial charge on any atom is -0.276 e. The van der Waals surface area contributed by atoms with E-state index in [0.717, 1.165) is 16.4 Å². The Kier molecular flexibility index (Phi) is 4.72. The second kappa shape index (κ2) is 7.17. The van der Waals surface area contributed by atoms with Gasteiger partial charge in [-0.1, -0.05) is 41.1 Å². The first-order valence-electron chi connectivity index (χ1n) is 8.29. The highest BCUT2D eigenvalue weighted by Gasteiger charge is 2.11. The molecule has 0 radical (unpaired) electrons. The number of fused-ring (bicyclic) bond motifs is 1. The maximum absolute atomic E-state index is 12.3. The number of halogens is 1. The number of rotatable bonds is 4. The van der Waals surface area contributed by atoms with Crippen LogP contribution in [0.2, 0.25) is 5.02 Å². The molecule has 136 valence electrons. The van der Waals surface area contributed by atoms with Crippen LogP contribution in [0.1, 0.15) is 16.8 Å². The summed E-state index contributed by atoms with van der Waals surface area (Å²) < 4.78 is 3.39. The van der Waals surface area contributed by atoms with Gasteiger partial charge in [0.15, 0.2) is 5.16 Å². The van der Waals surface area contributed by atoms with Crippen LogP contribution in [0.4, 0.5) is 0 Å². The summed E-state index contributed by atoms with van der Waals surface area (Å²) in [7, 11) is 0. The van der Waals surface area contributed by atoms with Gasteiger partial charge in [0.25, 0.3) is 5.56 Å². The standard InChI is InChI=1S/C19H16ClN5OS/c1-12-3-5-16(13(2)7-12)25-11-21-23-19(25)27-10-15-8-18(26)24-9-14(20)4-6-17(24)22-15/h3-9,11H,10H2,1-2H3. The number of thioether (sulfide) groups is 1. The predicted octanol–water partition coefficient (Wildman–Crippen LogP) is 3.84. The number of aryl methyl sites for hydroxylation is 2. The van der Waals surface area contributed by atoms with E-state index in [1.165, 1.54) is 27.8 Å². The summed E-state index contributed by atoms with van der Waals surface area (Å²) in [6, 6.07) is 11.2. The van der Waals surface area contributed by atoms with Crippen molar-refractivity contribution in [2.24, 2.45) is 0 Å². The number of hydrogen-bond acceptors (Lipinski definition) is 5. The molecule has 0 atom stereocenters. The Morgan fingerprint density at radius 3 is 2.81 bits per heavy atom. The summed E-state index contributed by atoms with van der Waals surface area (Å²) in [4.78, 5) is 16.8. The second-order valence-electron chi connectivity index (χ2n) is 6.22. The van der Waals surface area contributed by atoms with Crippen LogP contribution in [0.15, 0.2) is 58.9 Å². The van der Waals surface area contributed by atoms with Gasteiger partial charge in [0.1, 0.15) is 12.0 Å². The molecule has 4 aromatic rings. The van der Waals surface area contributed by atoms with Crippen molar-refractivity contribution in [3.8, 4) is 5.69 Å². The molecule has 4 rings (SSSR count). The monoisotopic (exact) mass is 397 g/mol. The van der Waals surface area contributed by atoms with Gasteiger partial charge in [-0.25, -0.2) is 4.98 Å². The van der Waals surface area contributed by atoms with E-state index < -0.39 is 0 Å². The predicted molar refractivity (Wildman–Crippen MR) is 107 cm³/mol. The zero-order chi connectivity index (χ0) is 19.0. The first-order chi connectivity index (χ1) is 13.0. The van der Waals surface area contributed by atoms with Gasteiger partial charge in [0.2, 0.25) is 0 Å². The Morgan fingerprint density at radius 2 is 2.00 bits per heavy atom. The lowest BCUT2D eigenvalue weighted by molar-refractivity contribution is 0.876. The SMILES string of the molecule is Cc1ccc(-n2cnnc2SCc2cc(=O)n3cc(Cl)ccc3n2)c(C)c1. The lowest BCUT2D eigenvalue weighted by Gasteiger charge is -2.10. The molecule has 0 bridgehead atoms. The summed E-state index contributed by atoms with van der Waals surface area (Å²) in [6.07, 6.45) is 3.27. The number of aromatic nitrogens is 5. The summed E-state index contributed by atoms with van der Waals surface area (Å²) in [5, 5.41) is 9.50. The Morgan fingerprint density at radius 1 is 1.15 bits per heavy atom. The number of nitrogens with zero attached hydrogens (tertiary/aromatic N) is 5. The molecular weight excluding hydrogens is 382 g/mol. The molecule has 0 aliphatic heterocycles. The Balaban J connectivity index is 1.62. The van der Waals surface area contributed by atoms with Crippen LogP contribution in [0.5, 0.6) is 0 Å². The average molecular weight is 398 g/mol. The molecule has 0 N–H and O–H groups in total. The fraction of sp³-hybridized carbons (Fsp3) is 0.158. The highest BCUT2D eigenvalue weighted by atomic mass is 35.5. The third-order valence-corrected chi connectivity index (χ3v) is 5.35. The fourth-order valence-corrected chi connectivity index (χ4v) is 3.88. The Bertz CT molecular complexity index is 1200. The third-order valence-electron chi connectivity index (χ3n) is 4.15. The lowest BCUT2D eigenvalue weighted by Crippen LogP contribution is -2.15. The van der Waals surface area contributed by atoms with Crippen LogP contribution in [-0.2, 0) is 5.75 Å². The molecule has 1 aromatic carbocycles. The molecule has 0 fully saturated rings. The van der Waals surface area contributed by atoms with E-state index in [1.54, 1.807) is 24.7 Å². The zero-order valence-electron chi connectivity index (χ0n) is 14.8.